The van der Waals surface area contributed by atoms with Crippen LogP contribution in [0.3, 0.4) is 0 Å². The Balaban J connectivity index is 1.33. The van der Waals surface area contributed by atoms with Crippen molar-refractivity contribution < 1.29 is 14.2 Å². The lowest BCUT2D eigenvalue weighted by Gasteiger charge is -2.39. The minimum absolute atomic E-state index is 0.0887. The third kappa shape index (κ3) is 3.23. The second-order valence-electron chi connectivity index (χ2n) is 8.00. The van der Waals surface area contributed by atoms with Crippen molar-refractivity contribution in [2.75, 3.05) is 0 Å². The van der Waals surface area contributed by atoms with Crippen molar-refractivity contribution >= 4 is 0 Å². The Bertz CT molecular complexity index is 1010. The Morgan fingerprint density at radius 2 is 2.21 bits per heavy atom. The molecule has 2 aliphatic rings. The molecule has 2 aromatic heterocycles. The number of phenols is 1. The highest BCUT2D eigenvalue weighted by Gasteiger charge is 2.51. The maximum atomic E-state index is 14.9. The Kier molecular flexibility index (Phi) is 4.24. The van der Waals surface area contributed by atoms with Gasteiger partial charge in [0, 0.05) is 36.5 Å². The molecule has 0 unspecified atom stereocenters. The van der Waals surface area contributed by atoms with Crippen molar-refractivity contribution in [2.45, 2.75) is 50.0 Å². The van der Waals surface area contributed by atoms with Gasteiger partial charge in [0.15, 0.2) is 6.17 Å². The number of nitrogens with zero attached hydrogens (tertiary/aromatic N) is 4. The van der Waals surface area contributed by atoms with Crippen LogP contribution in [0.15, 0.2) is 49.3 Å². The number of phenolic OH excluding ortho intramolecular Hbond substituents is 1. The minimum Gasteiger partial charge on any atom is -0.507 e. The maximum Gasteiger partial charge on any atom is 0.232 e. The van der Waals surface area contributed by atoms with E-state index in [1.54, 1.807) is 35.4 Å². The molecule has 0 aliphatic carbocycles. The Morgan fingerprint density at radius 1 is 1.31 bits per heavy atom. The molecule has 0 radical (unpaired) electrons. The van der Waals surface area contributed by atoms with Crippen LogP contribution >= 0.6 is 0 Å². The zero-order valence-electron chi connectivity index (χ0n) is 16.0. The first-order valence-corrected chi connectivity index (χ1v) is 9.74. The van der Waals surface area contributed by atoms with Crippen LogP contribution in [0.1, 0.15) is 26.2 Å². The number of rotatable bonds is 4. The molecule has 8 heteroatoms. The van der Waals surface area contributed by atoms with Crippen molar-refractivity contribution in [3.8, 4) is 28.6 Å². The summed E-state index contributed by atoms with van der Waals surface area (Å²) in [5.41, 5.74) is 1.34. The molecule has 29 heavy (non-hydrogen) atoms. The van der Waals surface area contributed by atoms with Crippen LogP contribution in [0, 0.1) is 0 Å². The Labute approximate surface area is 167 Å². The highest BCUT2D eigenvalue weighted by atomic mass is 19.1. The van der Waals surface area contributed by atoms with Crippen LogP contribution in [0.4, 0.5) is 4.39 Å². The number of imidazole rings is 1. The lowest BCUT2D eigenvalue weighted by atomic mass is 9.88. The second kappa shape index (κ2) is 6.81. The fourth-order valence-electron chi connectivity index (χ4n) is 4.38. The fourth-order valence-corrected chi connectivity index (χ4v) is 4.38. The van der Waals surface area contributed by atoms with Crippen LogP contribution in [-0.4, -0.2) is 48.5 Å². The van der Waals surface area contributed by atoms with Gasteiger partial charge in [0.2, 0.25) is 5.88 Å². The van der Waals surface area contributed by atoms with Gasteiger partial charge in [-0.1, -0.05) is 0 Å². The molecule has 5 rings (SSSR count). The number of aromatic hydroxyl groups is 1. The maximum absolute atomic E-state index is 14.9. The molecule has 2 N–H and O–H groups in total. The van der Waals surface area contributed by atoms with Crippen LogP contribution in [-0.2, 0) is 0 Å². The normalized spacial score (nSPS) is 28.4. The van der Waals surface area contributed by atoms with Crippen molar-refractivity contribution in [1.82, 2.24) is 24.8 Å². The largest absolute Gasteiger partial charge is 0.507 e. The topological polar surface area (TPSA) is 85.1 Å². The number of hydrogen-bond donors (Lipinski definition) is 2. The highest BCUT2D eigenvalue weighted by Crippen LogP contribution is 2.39. The van der Waals surface area contributed by atoms with Gasteiger partial charge >= 0.3 is 0 Å². The van der Waals surface area contributed by atoms with E-state index in [9.17, 15) is 9.50 Å². The van der Waals surface area contributed by atoms with E-state index in [0.29, 0.717) is 23.6 Å². The SMILES string of the molecule is C[C@]12CC[C@H](C[C@@H](Oc3cnc(-c4ccc(-n5ccnc5)cc4O)cn3)[C@H]1F)N2. The predicted octanol–water partition coefficient (Wildman–Crippen LogP) is 3.03. The average Bonchev–Trinajstić information content (AvgIpc) is 3.36. The monoisotopic (exact) mass is 395 g/mol. The summed E-state index contributed by atoms with van der Waals surface area (Å²) in [6.07, 6.45) is 8.93. The first kappa shape index (κ1) is 18.1. The van der Waals surface area contributed by atoms with Gasteiger partial charge in [-0.15, -0.1) is 0 Å². The van der Waals surface area contributed by atoms with E-state index in [1.165, 1.54) is 12.4 Å². The molecule has 2 bridgehead atoms. The number of halogens is 1. The first-order valence-electron chi connectivity index (χ1n) is 9.74. The summed E-state index contributed by atoms with van der Waals surface area (Å²) in [4.78, 5) is 12.7. The van der Waals surface area contributed by atoms with Gasteiger partial charge in [-0.05, 0) is 31.9 Å². The molecule has 2 saturated heterocycles. The average molecular weight is 395 g/mol. The number of fused-ring (bicyclic) bond motifs is 2. The van der Waals surface area contributed by atoms with E-state index < -0.39 is 17.8 Å². The van der Waals surface area contributed by atoms with E-state index in [0.717, 1.165) is 18.5 Å². The van der Waals surface area contributed by atoms with Gasteiger partial charge in [-0.3, -0.25) is 0 Å². The quantitative estimate of drug-likeness (QED) is 0.706. The highest BCUT2D eigenvalue weighted by molar-refractivity contribution is 5.68. The van der Waals surface area contributed by atoms with Gasteiger partial charge in [0.05, 0.1) is 35.6 Å². The van der Waals surface area contributed by atoms with E-state index >= 15 is 0 Å². The lowest BCUT2D eigenvalue weighted by molar-refractivity contribution is 0.00840. The number of aromatic nitrogens is 4. The molecule has 2 aliphatic heterocycles. The zero-order valence-corrected chi connectivity index (χ0v) is 16.0. The number of piperidine rings is 1. The number of alkyl halides is 1. The molecule has 3 aromatic rings. The smallest absolute Gasteiger partial charge is 0.232 e. The zero-order chi connectivity index (χ0) is 20.0. The fraction of sp³-hybridized carbons (Fsp3) is 0.381. The molecule has 4 atom stereocenters. The first-order chi connectivity index (χ1) is 14.0. The predicted molar refractivity (Wildman–Crippen MR) is 105 cm³/mol. The molecular formula is C21H22FN5O2. The number of ether oxygens (including phenoxy) is 1. The van der Waals surface area contributed by atoms with E-state index in [1.807, 2.05) is 13.0 Å². The van der Waals surface area contributed by atoms with Crippen molar-refractivity contribution in [2.24, 2.45) is 0 Å². The number of nitrogens with one attached hydrogen (secondary N) is 1. The molecule has 0 saturated carbocycles. The summed E-state index contributed by atoms with van der Waals surface area (Å²) in [5.74, 6) is 0.381. The standard InChI is InChI=1S/C21H22FN5O2/c1-21-5-4-13(26-21)8-18(20(21)22)29-19-11-24-16(10-25-19)15-3-2-14(9-17(15)28)27-7-6-23-12-27/h2-3,6-7,9-13,18,20,26,28H,4-5,8H2,1H3/t13-,18-,20-,21+/m1/s1. The summed E-state index contributed by atoms with van der Waals surface area (Å²) < 4.78 is 22.5. The van der Waals surface area contributed by atoms with E-state index in [4.69, 9.17) is 4.74 Å². The third-order valence-corrected chi connectivity index (χ3v) is 5.96. The van der Waals surface area contributed by atoms with Crippen molar-refractivity contribution in [1.29, 1.82) is 0 Å². The summed E-state index contributed by atoms with van der Waals surface area (Å²) >= 11 is 0. The summed E-state index contributed by atoms with van der Waals surface area (Å²) in [7, 11) is 0. The van der Waals surface area contributed by atoms with Gasteiger partial charge in [0.1, 0.15) is 11.9 Å². The molecule has 7 nitrogen and oxygen atoms in total. The van der Waals surface area contributed by atoms with Crippen LogP contribution in [0.5, 0.6) is 11.6 Å². The third-order valence-electron chi connectivity index (χ3n) is 5.96. The Morgan fingerprint density at radius 3 is 2.93 bits per heavy atom. The van der Waals surface area contributed by atoms with Gasteiger partial charge < -0.3 is 19.7 Å². The second-order valence-corrected chi connectivity index (χ2v) is 8.00. The van der Waals surface area contributed by atoms with Crippen LogP contribution in [0.25, 0.3) is 16.9 Å². The molecule has 150 valence electrons. The van der Waals surface area contributed by atoms with E-state index in [2.05, 4.69) is 20.3 Å². The van der Waals surface area contributed by atoms with Crippen molar-refractivity contribution in [3.63, 3.8) is 0 Å². The van der Waals surface area contributed by atoms with Crippen LogP contribution < -0.4 is 10.1 Å². The van der Waals surface area contributed by atoms with Gasteiger partial charge in [-0.25, -0.2) is 19.3 Å². The molecule has 0 amide bonds. The van der Waals surface area contributed by atoms with Crippen LogP contribution in [0.2, 0.25) is 0 Å². The van der Waals surface area contributed by atoms with Crippen molar-refractivity contribution in [3.05, 3.63) is 49.3 Å². The summed E-state index contributed by atoms with van der Waals surface area (Å²) in [6, 6.07) is 5.57. The molecule has 4 heterocycles. The van der Waals surface area contributed by atoms with E-state index in [-0.39, 0.29) is 11.8 Å². The molecule has 2 fully saturated rings. The molecular weight excluding hydrogens is 373 g/mol. The molecule has 0 spiro atoms. The van der Waals surface area contributed by atoms with Gasteiger partial charge in [-0.2, -0.15) is 0 Å². The molecule has 1 aromatic carbocycles. The minimum atomic E-state index is -1.09. The number of hydrogen-bond acceptors (Lipinski definition) is 6. The van der Waals surface area contributed by atoms with Gasteiger partial charge in [0.25, 0.3) is 0 Å². The summed E-state index contributed by atoms with van der Waals surface area (Å²) in [6.45, 7) is 1.91. The lowest BCUT2D eigenvalue weighted by Crippen LogP contribution is -2.59. The summed E-state index contributed by atoms with van der Waals surface area (Å²) in [5, 5.41) is 13.8. The Hall–Kier alpha value is -3.00. The number of benzene rings is 1.